The topological polar surface area (TPSA) is 39.1 Å². The van der Waals surface area contributed by atoms with E-state index in [4.69, 9.17) is 4.84 Å². The Balaban J connectivity index is 2.44. The fourth-order valence-corrected chi connectivity index (χ4v) is 1.69. The third-order valence-corrected chi connectivity index (χ3v) is 3.05. The van der Waals surface area contributed by atoms with Gasteiger partial charge in [0.25, 0.3) is 0 Å². The molecule has 0 amide bonds. The number of halogens is 1. The molecule has 0 fully saturated rings. The Morgan fingerprint density at radius 2 is 2.20 bits per heavy atom. The molecule has 86 valence electrons. The molecule has 0 saturated heterocycles. The zero-order chi connectivity index (χ0) is 11.4. The van der Waals surface area contributed by atoms with Crippen molar-refractivity contribution in [1.29, 1.82) is 0 Å². The number of hydrogen-bond acceptors (Lipinski definition) is 3. The van der Waals surface area contributed by atoms with Gasteiger partial charge in [-0.05, 0) is 28.8 Å². The maximum absolute atomic E-state index is 5.31. The molecule has 1 aromatic rings. The number of aryl methyl sites for hydroxylation is 2. The van der Waals surface area contributed by atoms with Crippen LogP contribution in [0.1, 0.15) is 25.2 Å². The minimum Gasteiger partial charge on any atom is -0.301 e. The molecular formula is C10H18BrN3O. The van der Waals surface area contributed by atoms with E-state index < -0.39 is 0 Å². The Morgan fingerprint density at radius 3 is 2.67 bits per heavy atom. The van der Waals surface area contributed by atoms with Gasteiger partial charge in [-0.3, -0.25) is 4.68 Å². The van der Waals surface area contributed by atoms with Crippen molar-refractivity contribution >= 4 is 15.9 Å². The zero-order valence-electron chi connectivity index (χ0n) is 9.67. The molecule has 1 heterocycles. The normalized spacial score (nSPS) is 11.3. The molecule has 0 atom stereocenters. The van der Waals surface area contributed by atoms with Crippen LogP contribution in [0.2, 0.25) is 0 Å². The summed E-state index contributed by atoms with van der Waals surface area (Å²) in [5, 5.41) is 4.30. The van der Waals surface area contributed by atoms with Gasteiger partial charge >= 0.3 is 0 Å². The zero-order valence-corrected chi connectivity index (χ0v) is 11.3. The molecule has 0 saturated carbocycles. The summed E-state index contributed by atoms with van der Waals surface area (Å²) in [6.07, 6.45) is 0. The summed E-state index contributed by atoms with van der Waals surface area (Å²) < 4.78 is 2.90. The van der Waals surface area contributed by atoms with Crippen LogP contribution < -0.4 is 5.48 Å². The van der Waals surface area contributed by atoms with Crippen LogP contribution in [0.3, 0.4) is 0 Å². The highest BCUT2D eigenvalue weighted by Crippen LogP contribution is 2.19. The van der Waals surface area contributed by atoms with E-state index in [2.05, 4.69) is 40.4 Å². The van der Waals surface area contributed by atoms with E-state index in [0.717, 1.165) is 15.9 Å². The molecule has 0 spiro atoms. The van der Waals surface area contributed by atoms with Crippen molar-refractivity contribution in [2.75, 3.05) is 6.61 Å². The van der Waals surface area contributed by atoms with Crippen molar-refractivity contribution in [3.8, 4) is 0 Å². The second-order valence-corrected chi connectivity index (χ2v) is 4.79. The van der Waals surface area contributed by atoms with Crippen LogP contribution in [0.4, 0.5) is 0 Å². The molecule has 15 heavy (non-hydrogen) atoms. The number of nitrogens with zero attached hydrogens (tertiary/aromatic N) is 2. The second kappa shape index (κ2) is 5.63. The van der Waals surface area contributed by atoms with Crippen molar-refractivity contribution in [3.63, 3.8) is 0 Å². The van der Waals surface area contributed by atoms with E-state index in [1.165, 1.54) is 0 Å². The van der Waals surface area contributed by atoms with E-state index in [0.29, 0.717) is 19.1 Å². The average Bonchev–Trinajstić information content (AvgIpc) is 2.37. The third-order valence-electron chi connectivity index (χ3n) is 2.02. The van der Waals surface area contributed by atoms with Gasteiger partial charge in [-0.2, -0.15) is 10.6 Å². The minimum atomic E-state index is 0.536. The Hall–Kier alpha value is -0.390. The van der Waals surface area contributed by atoms with Crippen LogP contribution in [0, 0.1) is 12.8 Å². The summed E-state index contributed by atoms with van der Waals surface area (Å²) in [5.74, 6) is 0.536. The molecule has 0 bridgehead atoms. The SMILES string of the molecule is Cc1nn(C)c(CNOCC(C)C)c1Br. The smallest absolute Gasteiger partial charge is 0.0739 e. The Morgan fingerprint density at radius 1 is 1.53 bits per heavy atom. The lowest BCUT2D eigenvalue weighted by Crippen LogP contribution is -2.19. The van der Waals surface area contributed by atoms with Crippen molar-refractivity contribution < 1.29 is 4.84 Å². The molecule has 1 aromatic heterocycles. The van der Waals surface area contributed by atoms with Gasteiger partial charge in [0.2, 0.25) is 0 Å². The summed E-state index contributed by atoms with van der Waals surface area (Å²) in [5.41, 5.74) is 5.03. The summed E-state index contributed by atoms with van der Waals surface area (Å²) in [7, 11) is 1.93. The van der Waals surface area contributed by atoms with Crippen molar-refractivity contribution in [1.82, 2.24) is 15.3 Å². The van der Waals surface area contributed by atoms with Crippen molar-refractivity contribution in [2.45, 2.75) is 27.3 Å². The predicted octanol–water partition coefficient (Wildman–Crippen LogP) is 2.17. The van der Waals surface area contributed by atoms with Crippen molar-refractivity contribution in [3.05, 3.63) is 15.9 Å². The molecule has 1 rings (SSSR count). The second-order valence-electron chi connectivity index (χ2n) is 4.00. The highest BCUT2D eigenvalue weighted by molar-refractivity contribution is 9.10. The first-order chi connectivity index (χ1) is 7.02. The first kappa shape index (κ1) is 12.7. The molecular weight excluding hydrogens is 258 g/mol. The van der Waals surface area contributed by atoms with E-state index in [9.17, 15) is 0 Å². The quantitative estimate of drug-likeness (QED) is 0.661. The Kier molecular flexibility index (Phi) is 4.76. The van der Waals surface area contributed by atoms with Gasteiger partial charge in [-0.15, -0.1) is 0 Å². The number of aromatic nitrogens is 2. The molecule has 4 nitrogen and oxygen atoms in total. The highest BCUT2D eigenvalue weighted by Gasteiger charge is 2.09. The van der Waals surface area contributed by atoms with Gasteiger partial charge in [0, 0.05) is 7.05 Å². The Labute approximate surface area is 99.1 Å². The number of hydroxylamine groups is 1. The van der Waals surface area contributed by atoms with Gasteiger partial charge < -0.3 is 4.84 Å². The first-order valence-electron chi connectivity index (χ1n) is 5.05. The fraction of sp³-hybridized carbons (Fsp3) is 0.700. The van der Waals surface area contributed by atoms with Crippen molar-refractivity contribution in [2.24, 2.45) is 13.0 Å². The number of hydrogen-bond donors (Lipinski definition) is 1. The Bertz CT molecular complexity index is 323. The van der Waals surface area contributed by atoms with Crippen LogP contribution in [0.15, 0.2) is 4.47 Å². The first-order valence-corrected chi connectivity index (χ1v) is 5.84. The molecule has 5 heteroatoms. The van der Waals surface area contributed by atoms with Gasteiger partial charge in [0.05, 0.1) is 29.0 Å². The fourth-order valence-electron chi connectivity index (χ4n) is 1.22. The lowest BCUT2D eigenvalue weighted by Gasteiger charge is -2.08. The number of nitrogens with one attached hydrogen (secondary N) is 1. The van der Waals surface area contributed by atoms with Gasteiger partial charge in [-0.1, -0.05) is 13.8 Å². The standard InChI is InChI=1S/C10H18BrN3O/c1-7(2)6-15-12-5-9-10(11)8(3)13-14(9)4/h7,12H,5-6H2,1-4H3. The molecule has 0 aliphatic rings. The van der Waals surface area contributed by atoms with E-state index >= 15 is 0 Å². The molecule has 1 N–H and O–H groups in total. The molecule has 0 radical (unpaired) electrons. The largest absolute Gasteiger partial charge is 0.301 e. The third kappa shape index (κ3) is 3.59. The van der Waals surface area contributed by atoms with Gasteiger partial charge in [-0.25, -0.2) is 0 Å². The summed E-state index contributed by atoms with van der Waals surface area (Å²) in [6, 6.07) is 0. The van der Waals surface area contributed by atoms with Crippen LogP contribution >= 0.6 is 15.9 Å². The monoisotopic (exact) mass is 275 g/mol. The van der Waals surface area contributed by atoms with Gasteiger partial charge in [0.15, 0.2) is 0 Å². The maximum Gasteiger partial charge on any atom is 0.0739 e. The molecule has 0 aromatic carbocycles. The molecule has 0 aliphatic heterocycles. The molecule has 0 aliphatic carbocycles. The summed E-state index contributed by atoms with van der Waals surface area (Å²) >= 11 is 3.50. The maximum atomic E-state index is 5.31. The minimum absolute atomic E-state index is 0.536. The lowest BCUT2D eigenvalue weighted by molar-refractivity contribution is 0.0184. The average molecular weight is 276 g/mol. The van der Waals surface area contributed by atoms with Gasteiger partial charge in [0.1, 0.15) is 0 Å². The van der Waals surface area contributed by atoms with E-state index in [-0.39, 0.29) is 0 Å². The van der Waals surface area contributed by atoms with E-state index in [1.54, 1.807) is 0 Å². The number of rotatable bonds is 5. The highest BCUT2D eigenvalue weighted by atomic mass is 79.9. The summed E-state index contributed by atoms with van der Waals surface area (Å²) in [6.45, 7) is 7.58. The lowest BCUT2D eigenvalue weighted by atomic mass is 10.2. The van der Waals surface area contributed by atoms with Crippen LogP contribution in [0.25, 0.3) is 0 Å². The van der Waals surface area contributed by atoms with Crippen LogP contribution in [0.5, 0.6) is 0 Å². The predicted molar refractivity (Wildman–Crippen MR) is 63.3 cm³/mol. The van der Waals surface area contributed by atoms with Crippen LogP contribution in [-0.2, 0) is 18.4 Å². The van der Waals surface area contributed by atoms with Crippen LogP contribution in [-0.4, -0.2) is 16.4 Å². The molecule has 0 unspecified atom stereocenters. The van der Waals surface area contributed by atoms with E-state index in [1.807, 2.05) is 18.7 Å². The summed E-state index contributed by atoms with van der Waals surface area (Å²) in [4.78, 5) is 5.31.